The van der Waals surface area contributed by atoms with Gasteiger partial charge >= 0.3 is 0 Å². The molecular weight excluding hydrogens is 264 g/mol. The number of pyridine rings is 1. The zero-order chi connectivity index (χ0) is 10.4. The van der Waals surface area contributed by atoms with Gasteiger partial charge in [-0.3, -0.25) is 4.21 Å². The monoisotopic (exact) mass is 272 g/mol. The van der Waals surface area contributed by atoms with Gasteiger partial charge in [-0.25, -0.2) is 4.98 Å². The van der Waals surface area contributed by atoms with Crippen molar-refractivity contribution in [3.63, 3.8) is 0 Å². The SMILES string of the molecule is N#CCCCS(=O)c1ccc(Br)cn1. The number of hydrogen-bond donors (Lipinski definition) is 0. The highest BCUT2D eigenvalue weighted by Gasteiger charge is 2.04. The normalized spacial score (nSPS) is 12.0. The van der Waals surface area contributed by atoms with Gasteiger partial charge in [-0.15, -0.1) is 0 Å². The molecule has 0 saturated carbocycles. The summed E-state index contributed by atoms with van der Waals surface area (Å²) < 4.78 is 12.4. The number of nitrogens with zero attached hydrogens (tertiary/aromatic N) is 2. The molecule has 1 atom stereocenters. The average molecular weight is 273 g/mol. The van der Waals surface area contributed by atoms with Gasteiger partial charge in [0.05, 0.1) is 16.9 Å². The van der Waals surface area contributed by atoms with E-state index in [9.17, 15) is 4.21 Å². The van der Waals surface area contributed by atoms with Crippen molar-refractivity contribution in [1.82, 2.24) is 4.98 Å². The molecule has 3 nitrogen and oxygen atoms in total. The van der Waals surface area contributed by atoms with Crippen molar-refractivity contribution in [3.8, 4) is 6.07 Å². The van der Waals surface area contributed by atoms with Crippen LogP contribution in [-0.4, -0.2) is 14.9 Å². The minimum atomic E-state index is -1.08. The third-order valence-electron chi connectivity index (χ3n) is 1.55. The lowest BCUT2D eigenvalue weighted by Crippen LogP contribution is -1.99. The molecular formula is C9H9BrN2OS. The molecule has 0 aliphatic heterocycles. The molecule has 5 heteroatoms. The highest BCUT2D eigenvalue weighted by Crippen LogP contribution is 2.10. The van der Waals surface area contributed by atoms with E-state index in [2.05, 4.69) is 20.9 Å². The summed E-state index contributed by atoms with van der Waals surface area (Å²) in [7, 11) is -1.08. The fourth-order valence-corrected chi connectivity index (χ4v) is 2.12. The average Bonchev–Trinajstić information content (AvgIpc) is 2.19. The molecule has 0 N–H and O–H groups in total. The Morgan fingerprint density at radius 2 is 2.36 bits per heavy atom. The Hall–Kier alpha value is -0.730. The molecule has 0 aliphatic carbocycles. The predicted octanol–water partition coefficient (Wildman–Crippen LogP) is 2.26. The Kier molecular flexibility index (Phi) is 4.77. The summed E-state index contributed by atoms with van der Waals surface area (Å²) in [4.78, 5) is 4.03. The van der Waals surface area contributed by atoms with Gasteiger partial charge in [0, 0.05) is 22.8 Å². The number of rotatable bonds is 4. The van der Waals surface area contributed by atoms with E-state index in [0.717, 1.165) is 4.47 Å². The third kappa shape index (κ3) is 3.56. The molecule has 14 heavy (non-hydrogen) atoms. The van der Waals surface area contributed by atoms with Crippen LogP contribution in [0.5, 0.6) is 0 Å². The largest absolute Gasteiger partial charge is 0.253 e. The van der Waals surface area contributed by atoms with Gasteiger partial charge in [-0.2, -0.15) is 5.26 Å². The van der Waals surface area contributed by atoms with Crippen LogP contribution in [0, 0.1) is 11.3 Å². The molecule has 0 radical (unpaired) electrons. The van der Waals surface area contributed by atoms with Gasteiger partial charge in [0.25, 0.3) is 0 Å². The number of hydrogen-bond acceptors (Lipinski definition) is 3. The second-order valence-corrected chi connectivity index (χ2v) is 5.06. The lowest BCUT2D eigenvalue weighted by Gasteiger charge is -1.99. The second-order valence-electron chi connectivity index (χ2n) is 2.63. The second kappa shape index (κ2) is 5.89. The van der Waals surface area contributed by atoms with E-state index < -0.39 is 10.8 Å². The van der Waals surface area contributed by atoms with Gasteiger partial charge in [-0.05, 0) is 34.5 Å². The molecule has 74 valence electrons. The van der Waals surface area contributed by atoms with Crippen molar-refractivity contribution < 1.29 is 4.21 Å². The van der Waals surface area contributed by atoms with Gasteiger partial charge in [-0.1, -0.05) is 0 Å². The zero-order valence-corrected chi connectivity index (χ0v) is 9.84. The Labute approximate surface area is 93.7 Å². The predicted molar refractivity (Wildman–Crippen MR) is 58.1 cm³/mol. The fraction of sp³-hybridized carbons (Fsp3) is 0.333. The molecule has 1 rings (SSSR count). The first-order valence-electron chi connectivity index (χ1n) is 4.11. The Morgan fingerprint density at radius 3 is 2.93 bits per heavy atom. The van der Waals surface area contributed by atoms with Gasteiger partial charge < -0.3 is 0 Å². The van der Waals surface area contributed by atoms with Crippen molar-refractivity contribution in [1.29, 1.82) is 5.26 Å². The van der Waals surface area contributed by atoms with Crippen molar-refractivity contribution in [3.05, 3.63) is 22.8 Å². The maximum atomic E-state index is 11.6. The lowest BCUT2D eigenvalue weighted by atomic mass is 10.4. The molecule has 0 saturated heterocycles. The molecule has 1 heterocycles. The smallest absolute Gasteiger partial charge is 0.127 e. The molecule has 0 fully saturated rings. The van der Waals surface area contributed by atoms with E-state index in [1.807, 2.05) is 12.1 Å². The summed E-state index contributed by atoms with van der Waals surface area (Å²) in [5, 5.41) is 8.89. The van der Waals surface area contributed by atoms with Crippen LogP contribution in [0.25, 0.3) is 0 Å². The Bertz CT molecular complexity index is 358. The van der Waals surface area contributed by atoms with E-state index in [1.165, 1.54) is 0 Å². The Morgan fingerprint density at radius 1 is 1.57 bits per heavy atom. The van der Waals surface area contributed by atoms with E-state index >= 15 is 0 Å². The first-order chi connectivity index (χ1) is 6.74. The van der Waals surface area contributed by atoms with Crippen molar-refractivity contribution in [2.45, 2.75) is 17.9 Å². The minimum absolute atomic E-state index is 0.447. The maximum Gasteiger partial charge on any atom is 0.127 e. The molecule has 1 aromatic heterocycles. The first kappa shape index (κ1) is 11.3. The minimum Gasteiger partial charge on any atom is -0.253 e. The van der Waals surface area contributed by atoms with E-state index in [1.54, 1.807) is 12.3 Å². The summed E-state index contributed by atoms with van der Waals surface area (Å²) in [5.74, 6) is 0.502. The summed E-state index contributed by atoms with van der Waals surface area (Å²) >= 11 is 3.25. The Balaban J connectivity index is 2.53. The van der Waals surface area contributed by atoms with Crippen molar-refractivity contribution >= 4 is 26.7 Å². The first-order valence-corrected chi connectivity index (χ1v) is 6.22. The number of nitriles is 1. The van der Waals surface area contributed by atoms with E-state index in [0.29, 0.717) is 23.6 Å². The van der Waals surface area contributed by atoms with Crippen LogP contribution >= 0.6 is 15.9 Å². The number of unbranched alkanes of at least 4 members (excludes halogenated alkanes) is 1. The molecule has 1 aromatic rings. The molecule has 0 spiro atoms. The van der Waals surface area contributed by atoms with Gasteiger partial charge in [0.1, 0.15) is 5.03 Å². The molecule has 1 unspecified atom stereocenters. The van der Waals surface area contributed by atoms with Crippen molar-refractivity contribution in [2.75, 3.05) is 5.75 Å². The zero-order valence-electron chi connectivity index (χ0n) is 7.44. The maximum absolute atomic E-state index is 11.6. The van der Waals surface area contributed by atoms with Crippen LogP contribution in [-0.2, 0) is 10.8 Å². The molecule has 0 aromatic carbocycles. The van der Waals surface area contributed by atoms with Crippen LogP contribution in [0.3, 0.4) is 0 Å². The van der Waals surface area contributed by atoms with E-state index in [-0.39, 0.29) is 0 Å². The van der Waals surface area contributed by atoms with Crippen LogP contribution < -0.4 is 0 Å². The summed E-state index contributed by atoms with van der Waals surface area (Å²) in [6.07, 6.45) is 2.72. The summed E-state index contributed by atoms with van der Waals surface area (Å²) in [6, 6.07) is 5.56. The van der Waals surface area contributed by atoms with Crippen LogP contribution in [0.2, 0.25) is 0 Å². The van der Waals surface area contributed by atoms with Crippen molar-refractivity contribution in [2.24, 2.45) is 0 Å². The third-order valence-corrected chi connectivity index (χ3v) is 3.39. The fourth-order valence-electron chi connectivity index (χ4n) is 0.884. The standard InChI is InChI=1S/C9H9BrN2OS/c10-8-3-4-9(12-7-8)14(13)6-2-1-5-11/h3-4,7H,1-2,6H2. The number of aromatic nitrogens is 1. The van der Waals surface area contributed by atoms with Crippen LogP contribution in [0.1, 0.15) is 12.8 Å². The van der Waals surface area contributed by atoms with Gasteiger partial charge in [0.15, 0.2) is 0 Å². The highest BCUT2D eigenvalue weighted by atomic mass is 79.9. The molecule has 0 aliphatic rings. The molecule has 0 bridgehead atoms. The van der Waals surface area contributed by atoms with Crippen LogP contribution in [0.4, 0.5) is 0 Å². The lowest BCUT2D eigenvalue weighted by molar-refractivity contribution is 0.678. The summed E-state index contributed by atoms with van der Waals surface area (Å²) in [5.41, 5.74) is 0. The van der Waals surface area contributed by atoms with Crippen LogP contribution in [0.15, 0.2) is 27.8 Å². The molecule has 0 amide bonds. The quantitative estimate of drug-likeness (QED) is 0.791. The van der Waals surface area contributed by atoms with Gasteiger partial charge in [0.2, 0.25) is 0 Å². The highest BCUT2D eigenvalue weighted by molar-refractivity contribution is 9.10. The topological polar surface area (TPSA) is 53.8 Å². The van der Waals surface area contributed by atoms with E-state index in [4.69, 9.17) is 5.26 Å². The number of halogens is 1. The summed E-state index contributed by atoms with van der Waals surface area (Å²) in [6.45, 7) is 0.